The summed E-state index contributed by atoms with van der Waals surface area (Å²) >= 11 is 0. The van der Waals surface area contributed by atoms with Gasteiger partial charge in [-0.15, -0.1) is 0 Å². The Hall–Kier alpha value is -3.14. The summed E-state index contributed by atoms with van der Waals surface area (Å²) in [6.45, 7) is 8.18. The van der Waals surface area contributed by atoms with Gasteiger partial charge in [0.05, 0.1) is 17.4 Å². The number of hydrogen-bond acceptors (Lipinski definition) is 3. The predicted molar refractivity (Wildman–Crippen MR) is 107 cm³/mol. The fraction of sp³-hybridized carbons (Fsp3) is 0.182. The highest BCUT2D eigenvalue weighted by Crippen LogP contribution is 2.22. The summed E-state index contributed by atoms with van der Waals surface area (Å²) in [4.78, 5) is 16.8. The minimum Gasteiger partial charge on any atom is -0.354 e. The summed E-state index contributed by atoms with van der Waals surface area (Å²) < 4.78 is 0. The van der Waals surface area contributed by atoms with E-state index >= 15 is 0 Å². The lowest BCUT2D eigenvalue weighted by Gasteiger charge is -2.12. The molecule has 3 aromatic rings. The first kappa shape index (κ1) is 17.7. The molecule has 0 aliphatic rings. The van der Waals surface area contributed by atoms with Gasteiger partial charge in [0.2, 0.25) is 0 Å². The number of anilines is 3. The lowest BCUT2D eigenvalue weighted by atomic mass is 10.1. The topological polar surface area (TPSA) is 54.0 Å². The van der Waals surface area contributed by atoms with Crippen LogP contribution in [-0.4, -0.2) is 10.9 Å². The Bertz CT molecular complexity index is 963. The second-order valence-corrected chi connectivity index (χ2v) is 6.66. The molecule has 3 rings (SSSR count). The van der Waals surface area contributed by atoms with Crippen molar-refractivity contribution in [2.24, 2.45) is 0 Å². The third-order valence-electron chi connectivity index (χ3n) is 4.44. The first-order valence-corrected chi connectivity index (χ1v) is 8.60. The number of rotatable bonds is 4. The normalized spacial score (nSPS) is 10.5. The Morgan fingerprint density at radius 2 is 1.58 bits per heavy atom. The van der Waals surface area contributed by atoms with Crippen LogP contribution in [0.15, 0.2) is 54.9 Å². The molecule has 0 bridgehead atoms. The molecule has 0 saturated carbocycles. The van der Waals surface area contributed by atoms with E-state index in [2.05, 4.69) is 40.7 Å². The second-order valence-electron chi connectivity index (χ2n) is 6.66. The van der Waals surface area contributed by atoms with Gasteiger partial charge in [-0.1, -0.05) is 18.2 Å². The molecule has 1 aromatic heterocycles. The molecule has 4 nitrogen and oxygen atoms in total. The molecule has 26 heavy (non-hydrogen) atoms. The van der Waals surface area contributed by atoms with Crippen LogP contribution in [0.4, 0.5) is 17.1 Å². The van der Waals surface area contributed by atoms with Gasteiger partial charge in [-0.2, -0.15) is 0 Å². The maximum Gasteiger partial charge on any atom is 0.257 e. The fourth-order valence-electron chi connectivity index (χ4n) is 2.68. The number of aryl methyl sites for hydroxylation is 4. The number of nitrogens with zero attached hydrogens (tertiary/aromatic N) is 1. The Labute approximate surface area is 154 Å². The molecular formula is C22H23N3O. The third-order valence-corrected chi connectivity index (χ3v) is 4.44. The van der Waals surface area contributed by atoms with Crippen LogP contribution in [0.1, 0.15) is 32.6 Å². The third kappa shape index (κ3) is 4.09. The van der Waals surface area contributed by atoms with Crippen molar-refractivity contribution in [3.63, 3.8) is 0 Å². The van der Waals surface area contributed by atoms with Gasteiger partial charge in [0, 0.05) is 17.6 Å². The smallest absolute Gasteiger partial charge is 0.257 e. The average Bonchev–Trinajstić information content (AvgIpc) is 2.61. The Balaban J connectivity index is 1.78. The van der Waals surface area contributed by atoms with E-state index in [1.54, 1.807) is 12.4 Å². The van der Waals surface area contributed by atoms with Crippen LogP contribution in [0.2, 0.25) is 0 Å². The van der Waals surface area contributed by atoms with Crippen molar-refractivity contribution in [2.45, 2.75) is 27.7 Å². The van der Waals surface area contributed by atoms with Gasteiger partial charge in [-0.3, -0.25) is 9.78 Å². The molecule has 0 aliphatic carbocycles. The molecule has 132 valence electrons. The molecular weight excluding hydrogens is 322 g/mol. The van der Waals surface area contributed by atoms with Gasteiger partial charge < -0.3 is 10.6 Å². The molecule has 0 aliphatic heterocycles. The van der Waals surface area contributed by atoms with E-state index in [1.807, 2.05) is 45.0 Å². The standard InChI is InChI=1S/C22H23N3O/c1-14-5-6-16(3)21(9-14)24-20-11-18(12-23-13-20)22(26)25-19-8-7-15(2)17(4)10-19/h5-13,24H,1-4H3,(H,25,26). The molecule has 0 unspecified atom stereocenters. The van der Waals surface area contributed by atoms with Crippen molar-refractivity contribution in [3.05, 3.63) is 82.7 Å². The van der Waals surface area contributed by atoms with E-state index in [0.717, 1.165) is 28.2 Å². The first-order valence-electron chi connectivity index (χ1n) is 8.60. The van der Waals surface area contributed by atoms with Crippen LogP contribution in [0.25, 0.3) is 0 Å². The number of pyridine rings is 1. The minimum absolute atomic E-state index is 0.176. The van der Waals surface area contributed by atoms with Crippen LogP contribution >= 0.6 is 0 Å². The monoisotopic (exact) mass is 345 g/mol. The number of benzene rings is 2. The van der Waals surface area contributed by atoms with Crippen LogP contribution in [-0.2, 0) is 0 Å². The molecule has 1 heterocycles. The quantitative estimate of drug-likeness (QED) is 0.673. The van der Waals surface area contributed by atoms with E-state index in [1.165, 1.54) is 11.1 Å². The molecule has 4 heteroatoms. The van der Waals surface area contributed by atoms with Gasteiger partial charge in [0.1, 0.15) is 0 Å². The van der Waals surface area contributed by atoms with Crippen molar-refractivity contribution < 1.29 is 4.79 Å². The van der Waals surface area contributed by atoms with E-state index in [4.69, 9.17) is 0 Å². The van der Waals surface area contributed by atoms with Crippen LogP contribution in [0.5, 0.6) is 0 Å². The van der Waals surface area contributed by atoms with Gasteiger partial charge >= 0.3 is 0 Å². The molecule has 0 saturated heterocycles. The molecule has 0 atom stereocenters. The number of carbonyl (C=O) groups excluding carboxylic acids is 1. The zero-order chi connectivity index (χ0) is 18.7. The predicted octanol–water partition coefficient (Wildman–Crippen LogP) is 5.31. The molecule has 1 amide bonds. The number of nitrogens with one attached hydrogen (secondary N) is 2. The Kier molecular flexibility index (Phi) is 5.03. The lowest BCUT2D eigenvalue weighted by molar-refractivity contribution is 0.102. The number of amides is 1. The molecule has 0 fully saturated rings. The second kappa shape index (κ2) is 7.40. The van der Waals surface area contributed by atoms with Crippen molar-refractivity contribution >= 4 is 23.0 Å². The molecule has 0 spiro atoms. The van der Waals surface area contributed by atoms with E-state index in [0.29, 0.717) is 5.56 Å². The van der Waals surface area contributed by atoms with Gasteiger partial charge in [0.15, 0.2) is 0 Å². The van der Waals surface area contributed by atoms with E-state index in [-0.39, 0.29) is 5.91 Å². The van der Waals surface area contributed by atoms with Crippen molar-refractivity contribution in [3.8, 4) is 0 Å². The molecule has 0 radical (unpaired) electrons. The number of aromatic nitrogens is 1. The number of hydrogen-bond donors (Lipinski definition) is 2. The summed E-state index contributed by atoms with van der Waals surface area (Å²) in [7, 11) is 0. The summed E-state index contributed by atoms with van der Waals surface area (Å²) in [6, 6.07) is 13.9. The summed E-state index contributed by atoms with van der Waals surface area (Å²) in [5.41, 5.74) is 7.75. The zero-order valence-corrected chi connectivity index (χ0v) is 15.6. The van der Waals surface area contributed by atoms with Gasteiger partial charge in [-0.25, -0.2) is 0 Å². The van der Waals surface area contributed by atoms with Crippen LogP contribution < -0.4 is 10.6 Å². The summed E-state index contributed by atoms with van der Waals surface area (Å²) in [5, 5.41) is 6.28. The highest BCUT2D eigenvalue weighted by molar-refractivity contribution is 6.04. The van der Waals surface area contributed by atoms with Crippen molar-refractivity contribution in [2.75, 3.05) is 10.6 Å². The van der Waals surface area contributed by atoms with Gasteiger partial charge in [0.25, 0.3) is 5.91 Å². The maximum atomic E-state index is 12.6. The van der Waals surface area contributed by atoms with Crippen LogP contribution in [0.3, 0.4) is 0 Å². The summed E-state index contributed by atoms with van der Waals surface area (Å²) in [6.07, 6.45) is 3.29. The van der Waals surface area contributed by atoms with Crippen LogP contribution in [0, 0.1) is 27.7 Å². The largest absolute Gasteiger partial charge is 0.354 e. The molecule has 2 N–H and O–H groups in total. The first-order chi connectivity index (χ1) is 12.4. The van der Waals surface area contributed by atoms with E-state index < -0.39 is 0 Å². The Morgan fingerprint density at radius 3 is 2.35 bits per heavy atom. The fourth-order valence-corrected chi connectivity index (χ4v) is 2.68. The highest BCUT2D eigenvalue weighted by atomic mass is 16.1. The van der Waals surface area contributed by atoms with Gasteiger partial charge in [-0.05, 0) is 74.2 Å². The van der Waals surface area contributed by atoms with Crippen molar-refractivity contribution in [1.29, 1.82) is 0 Å². The SMILES string of the molecule is Cc1ccc(C)c(Nc2cncc(C(=O)Nc3ccc(C)c(C)c3)c2)c1. The van der Waals surface area contributed by atoms with Crippen molar-refractivity contribution in [1.82, 2.24) is 4.98 Å². The minimum atomic E-state index is -0.176. The summed E-state index contributed by atoms with van der Waals surface area (Å²) in [5.74, 6) is -0.176. The highest BCUT2D eigenvalue weighted by Gasteiger charge is 2.09. The molecule has 2 aromatic carbocycles. The average molecular weight is 345 g/mol. The number of carbonyl (C=O) groups is 1. The Morgan fingerprint density at radius 1 is 0.808 bits per heavy atom. The van der Waals surface area contributed by atoms with E-state index in [9.17, 15) is 4.79 Å². The lowest BCUT2D eigenvalue weighted by Crippen LogP contribution is -2.12. The zero-order valence-electron chi connectivity index (χ0n) is 15.6. The maximum absolute atomic E-state index is 12.6.